The molecule has 1 aromatic heterocycles. The number of aromatic nitrogens is 1. The van der Waals surface area contributed by atoms with Crippen molar-refractivity contribution in [2.75, 3.05) is 52.0 Å². The van der Waals surface area contributed by atoms with Crippen molar-refractivity contribution in [3.05, 3.63) is 54.1 Å². The Hall–Kier alpha value is -2.87. The molecule has 32 heavy (non-hydrogen) atoms. The molecule has 2 heterocycles. The highest BCUT2D eigenvalue weighted by Gasteiger charge is 2.18. The molecule has 1 fully saturated rings. The molecule has 170 valence electrons. The Balaban J connectivity index is 1.56. The van der Waals surface area contributed by atoms with Crippen molar-refractivity contribution in [3.63, 3.8) is 0 Å². The van der Waals surface area contributed by atoms with E-state index in [1.165, 1.54) is 0 Å². The Labute approximate surface area is 188 Å². The van der Waals surface area contributed by atoms with Crippen LogP contribution in [0.25, 0.3) is 22.2 Å². The SMILES string of the molecule is COCCOCCNC(=O)c1cc(NC2CCOCC2)c2[nH]c(-c3ccccc3)cc2c1. The predicted octanol–water partition coefficient (Wildman–Crippen LogP) is 3.82. The highest BCUT2D eigenvalue weighted by atomic mass is 16.5. The maximum Gasteiger partial charge on any atom is 0.251 e. The minimum absolute atomic E-state index is 0.111. The van der Waals surface area contributed by atoms with Gasteiger partial charge in [-0.05, 0) is 36.6 Å². The number of hydrogen-bond acceptors (Lipinski definition) is 5. The summed E-state index contributed by atoms with van der Waals surface area (Å²) in [5, 5.41) is 7.59. The summed E-state index contributed by atoms with van der Waals surface area (Å²) < 4.78 is 15.9. The largest absolute Gasteiger partial charge is 0.382 e. The van der Waals surface area contributed by atoms with Crippen LogP contribution >= 0.6 is 0 Å². The Bertz CT molecular complexity index is 1010. The molecule has 0 atom stereocenters. The van der Waals surface area contributed by atoms with Gasteiger partial charge in [-0.25, -0.2) is 0 Å². The standard InChI is InChI=1S/C25H31N3O4/c1-30-13-14-32-12-9-26-25(29)20-15-19-16-22(18-5-3-2-4-6-18)28-24(19)23(17-20)27-21-7-10-31-11-8-21/h2-6,15-17,21,27-28H,7-14H2,1H3,(H,26,29). The van der Waals surface area contributed by atoms with Crippen molar-refractivity contribution in [2.45, 2.75) is 18.9 Å². The van der Waals surface area contributed by atoms with Gasteiger partial charge in [-0.3, -0.25) is 4.79 Å². The van der Waals surface area contributed by atoms with Crippen LogP contribution in [0.2, 0.25) is 0 Å². The van der Waals surface area contributed by atoms with E-state index < -0.39 is 0 Å². The van der Waals surface area contributed by atoms with E-state index in [2.05, 4.69) is 33.8 Å². The quantitative estimate of drug-likeness (QED) is 0.420. The Kier molecular flexibility index (Phi) is 7.77. The minimum atomic E-state index is -0.111. The molecular weight excluding hydrogens is 406 g/mol. The van der Waals surface area contributed by atoms with E-state index in [9.17, 15) is 4.79 Å². The molecule has 1 aliphatic rings. The first-order chi connectivity index (χ1) is 15.7. The van der Waals surface area contributed by atoms with Crippen LogP contribution in [0.4, 0.5) is 5.69 Å². The summed E-state index contributed by atoms with van der Waals surface area (Å²) in [7, 11) is 1.64. The first-order valence-electron chi connectivity index (χ1n) is 11.2. The third-order valence-corrected chi connectivity index (χ3v) is 5.62. The third kappa shape index (κ3) is 5.68. The number of rotatable bonds is 10. The number of methoxy groups -OCH3 is 1. The lowest BCUT2D eigenvalue weighted by Crippen LogP contribution is -2.29. The van der Waals surface area contributed by atoms with Crippen LogP contribution in [-0.4, -0.2) is 63.6 Å². The van der Waals surface area contributed by atoms with Crippen LogP contribution in [0, 0.1) is 0 Å². The van der Waals surface area contributed by atoms with Gasteiger partial charge in [-0.2, -0.15) is 0 Å². The minimum Gasteiger partial charge on any atom is -0.382 e. The summed E-state index contributed by atoms with van der Waals surface area (Å²) >= 11 is 0. The first kappa shape index (κ1) is 22.3. The number of benzene rings is 2. The molecule has 0 aliphatic carbocycles. The molecule has 1 aliphatic heterocycles. The van der Waals surface area contributed by atoms with Gasteiger partial charge in [0.05, 0.1) is 31.0 Å². The van der Waals surface area contributed by atoms with Crippen LogP contribution in [-0.2, 0) is 14.2 Å². The van der Waals surface area contributed by atoms with Crippen molar-refractivity contribution in [2.24, 2.45) is 0 Å². The highest BCUT2D eigenvalue weighted by molar-refractivity contribution is 6.03. The number of hydrogen-bond donors (Lipinski definition) is 3. The normalized spacial score (nSPS) is 14.5. The monoisotopic (exact) mass is 437 g/mol. The summed E-state index contributed by atoms with van der Waals surface area (Å²) in [6.07, 6.45) is 1.89. The highest BCUT2D eigenvalue weighted by Crippen LogP contribution is 2.31. The van der Waals surface area contributed by atoms with Crippen molar-refractivity contribution in [1.82, 2.24) is 10.3 Å². The fourth-order valence-electron chi connectivity index (χ4n) is 3.91. The molecule has 1 amide bonds. The van der Waals surface area contributed by atoms with Crippen LogP contribution in [0.5, 0.6) is 0 Å². The average molecular weight is 438 g/mol. The third-order valence-electron chi connectivity index (χ3n) is 5.62. The molecule has 3 N–H and O–H groups in total. The second-order valence-electron chi connectivity index (χ2n) is 7.93. The number of anilines is 1. The Morgan fingerprint density at radius 3 is 2.69 bits per heavy atom. The Morgan fingerprint density at radius 2 is 1.91 bits per heavy atom. The van der Waals surface area contributed by atoms with Gasteiger partial charge in [0.1, 0.15) is 0 Å². The summed E-state index contributed by atoms with van der Waals surface area (Å²) in [6, 6.07) is 16.5. The maximum atomic E-state index is 12.8. The van der Waals surface area contributed by atoms with Gasteiger partial charge in [0.15, 0.2) is 0 Å². The molecule has 1 saturated heterocycles. The number of aromatic amines is 1. The fraction of sp³-hybridized carbons (Fsp3) is 0.400. The fourth-order valence-corrected chi connectivity index (χ4v) is 3.91. The van der Waals surface area contributed by atoms with E-state index in [1.54, 1.807) is 7.11 Å². The number of H-pyrrole nitrogens is 1. The number of amides is 1. The van der Waals surface area contributed by atoms with Crippen molar-refractivity contribution < 1.29 is 19.0 Å². The maximum absolute atomic E-state index is 12.8. The van der Waals surface area contributed by atoms with Crippen molar-refractivity contribution >= 4 is 22.5 Å². The lowest BCUT2D eigenvalue weighted by Gasteiger charge is -2.24. The number of nitrogens with one attached hydrogen (secondary N) is 3. The van der Waals surface area contributed by atoms with E-state index in [0.29, 0.717) is 38.0 Å². The van der Waals surface area contributed by atoms with Crippen LogP contribution in [0.15, 0.2) is 48.5 Å². The number of fused-ring (bicyclic) bond motifs is 1. The molecule has 0 unspecified atom stereocenters. The zero-order chi connectivity index (χ0) is 22.2. The van der Waals surface area contributed by atoms with Gasteiger partial charge in [-0.15, -0.1) is 0 Å². The molecular formula is C25H31N3O4. The molecule has 0 spiro atoms. The molecule has 0 bridgehead atoms. The number of ether oxygens (including phenoxy) is 3. The van der Waals surface area contributed by atoms with E-state index >= 15 is 0 Å². The summed E-state index contributed by atoms with van der Waals surface area (Å²) in [5.74, 6) is -0.111. The van der Waals surface area contributed by atoms with E-state index in [4.69, 9.17) is 14.2 Å². The topological polar surface area (TPSA) is 84.6 Å². The summed E-state index contributed by atoms with van der Waals surface area (Å²) in [5.41, 5.74) is 4.72. The molecule has 7 heteroatoms. The molecule has 0 saturated carbocycles. The van der Waals surface area contributed by atoms with E-state index in [-0.39, 0.29) is 5.91 Å². The smallest absolute Gasteiger partial charge is 0.251 e. The second kappa shape index (κ2) is 11.1. The van der Waals surface area contributed by atoms with Gasteiger partial charge in [0, 0.05) is 49.6 Å². The number of carbonyl (C=O) groups excluding carboxylic acids is 1. The second-order valence-corrected chi connectivity index (χ2v) is 7.93. The molecule has 4 rings (SSSR count). The molecule has 3 aromatic rings. The Morgan fingerprint density at radius 1 is 1.09 bits per heavy atom. The van der Waals surface area contributed by atoms with Gasteiger partial charge >= 0.3 is 0 Å². The first-order valence-corrected chi connectivity index (χ1v) is 11.2. The molecule has 7 nitrogen and oxygen atoms in total. The van der Waals surface area contributed by atoms with E-state index in [0.717, 1.165) is 53.9 Å². The van der Waals surface area contributed by atoms with Gasteiger partial charge < -0.3 is 29.8 Å². The summed E-state index contributed by atoms with van der Waals surface area (Å²) in [6.45, 7) is 3.47. The van der Waals surface area contributed by atoms with Gasteiger partial charge in [-0.1, -0.05) is 30.3 Å². The van der Waals surface area contributed by atoms with E-state index in [1.807, 2.05) is 30.3 Å². The summed E-state index contributed by atoms with van der Waals surface area (Å²) in [4.78, 5) is 16.4. The molecule has 0 radical (unpaired) electrons. The van der Waals surface area contributed by atoms with Crippen molar-refractivity contribution in [1.29, 1.82) is 0 Å². The van der Waals surface area contributed by atoms with Gasteiger partial charge in [0.25, 0.3) is 5.91 Å². The van der Waals surface area contributed by atoms with Crippen molar-refractivity contribution in [3.8, 4) is 11.3 Å². The average Bonchev–Trinajstić information content (AvgIpc) is 3.27. The zero-order valence-corrected chi connectivity index (χ0v) is 18.5. The lowest BCUT2D eigenvalue weighted by atomic mass is 10.1. The lowest BCUT2D eigenvalue weighted by molar-refractivity contribution is 0.0693. The molecule has 2 aromatic carbocycles. The number of carbonyl (C=O) groups is 1. The predicted molar refractivity (Wildman–Crippen MR) is 126 cm³/mol. The van der Waals surface area contributed by atoms with Crippen LogP contribution < -0.4 is 10.6 Å². The van der Waals surface area contributed by atoms with Crippen LogP contribution in [0.1, 0.15) is 23.2 Å². The zero-order valence-electron chi connectivity index (χ0n) is 18.5. The van der Waals surface area contributed by atoms with Gasteiger partial charge in [0.2, 0.25) is 0 Å². The van der Waals surface area contributed by atoms with Crippen LogP contribution in [0.3, 0.4) is 0 Å².